The van der Waals surface area contributed by atoms with Gasteiger partial charge in [-0.05, 0) is 12.8 Å². The molecule has 3 atom stereocenters. The van der Waals surface area contributed by atoms with Crippen molar-refractivity contribution < 1.29 is 63.5 Å². The molecule has 11 nitrogen and oxygen atoms in total. The second kappa shape index (κ2) is 6.18. The first kappa shape index (κ1) is 18.4. The Hall–Kier alpha value is -0.920. The summed E-state index contributed by atoms with van der Waals surface area (Å²) in [5, 5.41) is 12.6. The minimum Gasteiger partial charge on any atom is -1.00 e. The van der Waals surface area contributed by atoms with Crippen molar-refractivity contribution in [1.29, 1.82) is 0 Å². The van der Waals surface area contributed by atoms with E-state index in [0.29, 0.717) is 10.8 Å². The number of rotatable bonds is 2. The standard InChI is InChI=1S/C10H14N4O7S.Na.H/c15-8-6(1-3-11-8)13(18)10(17)12-4-2-5-7(12)9(16)14(5)22(19,20)21;;/h5-7,18H,1-4H2,(H,11,15)(H,19,20,21);;/q;+1;-1/t5-,6?,7+;;/m1../s1. The number of urea groups is 1. The van der Waals surface area contributed by atoms with Gasteiger partial charge in [-0.2, -0.15) is 13.5 Å². The molecule has 0 radical (unpaired) electrons. The van der Waals surface area contributed by atoms with E-state index >= 15 is 0 Å². The zero-order chi connectivity index (χ0) is 16.2. The van der Waals surface area contributed by atoms with Gasteiger partial charge in [0.15, 0.2) is 0 Å². The van der Waals surface area contributed by atoms with Crippen molar-refractivity contribution in [2.45, 2.75) is 31.0 Å². The normalized spacial score (nSPS) is 29.6. The first-order valence-corrected chi connectivity index (χ1v) is 8.00. The Kier molecular flexibility index (Phi) is 4.95. The van der Waals surface area contributed by atoms with E-state index in [1.807, 2.05) is 0 Å². The van der Waals surface area contributed by atoms with Gasteiger partial charge in [-0.25, -0.2) is 9.10 Å². The number of β-lactam (4-membered cyclic amide) rings is 1. The zero-order valence-electron chi connectivity index (χ0n) is 13.2. The summed E-state index contributed by atoms with van der Waals surface area (Å²) in [5.41, 5.74) is 0. The first-order valence-electron chi connectivity index (χ1n) is 6.60. The molecular formula is C10H15N4NaO7S. The summed E-state index contributed by atoms with van der Waals surface area (Å²) in [5.74, 6) is -1.42. The van der Waals surface area contributed by atoms with Crippen LogP contribution in [0.3, 0.4) is 0 Å². The van der Waals surface area contributed by atoms with Crippen molar-refractivity contribution >= 4 is 28.1 Å². The summed E-state index contributed by atoms with van der Waals surface area (Å²) in [6, 6.07) is -3.84. The Morgan fingerprint density at radius 3 is 2.52 bits per heavy atom. The van der Waals surface area contributed by atoms with E-state index in [0.717, 1.165) is 4.90 Å². The summed E-state index contributed by atoms with van der Waals surface area (Å²) < 4.78 is 31.4. The van der Waals surface area contributed by atoms with Gasteiger partial charge in [0.1, 0.15) is 12.1 Å². The number of hydrogen-bond acceptors (Lipinski definition) is 6. The average Bonchev–Trinajstić information content (AvgIpc) is 2.99. The van der Waals surface area contributed by atoms with E-state index < -0.39 is 46.3 Å². The molecule has 0 aliphatic carbocycles. The van der Waals surface area contributed by atoms with Gasteiger partial charge < -0.3 is 11.6 Å². The number of nitrogens with zero attached hydrogens (tertiary/aromatic N) is 3. The molecule has 3 aliphatic heterocycles. The van der Waals surface area contributed by atoms with Gasteiger partial charge in [0.2, 0.25) is 5.91 Å². The van der Waals surface area contributed by atoms with Crippen molar-refractivity contribution in [2.75, 3.05) is 13.1 Å². The third-order valence-electron chi connectivity index (χ3n) is 4.14. The van der Waals surface area contributed by atoms with Gasteiger partial charge in [0, 0.05) is 13.1 Å². The maximum Gasteiger partial charge on any atom is 1.00 e. The molecule has 3 rings (SSSR count). The number of nitrogens with one attached hydrogen (secondary N) is 1. The van der Waals surface area contributed by atoms with E-state index in [-0.39, 0.29) is 55.4 Å². The van der Waals surface area contributed by atoms with Crippen molar-refractivity contribution in [3.8, 4) is 0 Å². The maximum atomic E-state index is 12.2. The van der Waals surface area contributed by atoms with E-state index in [1.54, 1.807) is 0 Å². The van der Waals surface area contributed by atoms with Crippen molar-refractivity contribution in [3.05, 3.63) is 0 Å². The Morgan fingerprint density at radius 1 is 1.35 bits per heavy atom. The third-order valence-corrected chi connectivity index (χ3v) is 5.09. The molecule has 0 spiro atoms. The van der Waals surface area contributed by atoms with E-state index in [9.17, 15) is 28.0 Å². The maximum absolute atomic E-state index is 12.2. The zero-order valence-corrected chi connectivity index (χ0v) is 15.1. The van der Waals surface area contributed by atoms with Crippen molar-refractivity contribution in [3.63, 3.8) is 0 Å². The number of amides is 4. The van der Waals surface area contributed by atoms with Gasteiger partial charge in [-0.15, -0.1) is 0 Å². The van der Waals surface area contributed by atoms with E-state index in [4.69, 9.17) is 4.55 Å². The molecule has 3 saturated heterocycles. The van der Waals surface area contributed by atoms with Crippen LogP contribution in [0.2, 0.25) is 0 Å². The second-order valence-electron chi connectivity index (χ2n) is 5.33. The first-order chi connectivity index (χ1) is 10.2. The van der Waals surface area contributed by atoms with Gasteiger partial charge in [-0.3, -0.25) is 19.3 Å². The number of hydrogen-bond donors (Lipinski definition) is 3. The molecule has 23 heavy (non-hydrogen) atoms. The van der Waals surface area contributed by atoms with Crippen molar-refractivity contribution in [2.24, 2.45) is 0 Å². The predicted octanol–water partition coefficient (Wildman–Crippen LogP) is -5.11. The molecule has 3 N–H and O–H groups in total. The van der Waals surface area contributed by atoms with Crippen LogP contribution in [0.1, 0.15) is 14.3 Å². The summed E-state index contributed by atoms with van der Waals surface area (Å²) in [7, 11) is -4.66. The molecule has 0 bridgehead atoms. The number of hydroxylamine groups is 2. The monoisotopic (exact) mass is 358 g/mol. The molecule has 0 saturated carbocycles. The molecule has 1 unspecified atom stereocenters. The van der Waals surface area contributed by atoms with Crippen LogP contribution in [0.5, 0.6) is 0 Å². The Balaban J connectivity index is 0.00000144. The SMILES string of the molecule is O=C1NCCC1N(O)C(=O)N1CC[C@@H]2[C@H]1C(=O)N2S(=O)(=O)O.[H-].[Na+]. The molecule has 13 heteroatoms. The molecule has 124 valence electrons. The number of carbonyl (C=O) groups is 3. The van der Waals surface area contributed by atoms with Gasteiger partial charge >= 0.3 is 45.9 Å². The van der Waals surface area contributed by atoms with Crippen LogP contribution in [0, 0.1) is 0 Å². The van der Waals surface area contributed by atoms with Crippen LogP contribution in [0.4, 0.5) is 4.79 Å². The molecule has 0 aromatic heterocycles. The Labute approximate surface area is 155 Å². The minimum atomic E-state index is -4.66. The third kappa shape index (κ3) is 2.83. The minimum absolute atomic E-state index is 0. The summed E-state index contributed by atoms with van der Waals surface area (Å²) in [4.78, 5) is 36.5. The fourth-order valence-corrected chi connectivity index (χ4v) is 4.01. The topological polar surface area (TPSA) is 148 Å². The van der Waals surface area contributed by atoms with Crippen LogP contribution < -0.4 is 34.9 Å². The molecule has 0 aromatic carbocycles. The molecule has 3 heterocycles. The molecule has 0 aromatic rings. The quantitative estimate of drug-likeness (QED) is 0.147. The van der Waals surface area contributed by atoms with Crippen LogP contribution in [-0.2, 0) is 19.9 Å². The summed E-state index contributed by atoms with van der Waals surface area (Å²) in [6.07, 6.45) is 0.404. The predicted molar refractivity (Wildman–Crippen MR) is 68.8 cm³/mol. The smallest absolute Gasteiger partial charge is 1.00 e. The average molecular weight is 358 g/mol. The molecule has 3 aliphatic rings. The van der Waals surface area contributed by atoms with Crippen LogP contribution in [-0.4, -0.2) is 81.5 Å². The van der Waals surface area contributed by atoms with Crippen LogP contribution >= 0.6 is 0 Å². The summed E-state index contributed by atoms with van der Waals surface area (Å²) in [6.45, 7) is 0.368. The molecule has 4 amide bonds. The number of likely N-dealkylation sites (tertiary alicyclic amines) is 1. The van der Waals surface area contributed by atoms with Crippen LogP contribution in [0.25, 0.3) is 0 Å². The van der Waals surface area contributed by atoms with E-state index in [2.05, 4.69) is 5.32 Å². The van der Waals surface area contributed by atoms with Crippen LogP contribution in [0.15, 0.2) is 0 Å². The number of fused-ring (bicyclic) bond motifs is 1. The fourth-order valence-electron chi connectivity index (χ4n) is 3.11. The van der Waals surface area contributed by atoms with Gasteiger partial charge in [0.25, 0.3) is 5.91 Å². The largest absolute Gasteiger partial charge is 1.00 e. The second-order valence-corrected chi connectivity index (χ2v) is 6.62. The molecular weight excluding hydrogens is 343 g/mol. The fraction of sp³-hybridized carbons (Fsp3) is 0.700. The Bertz CT molecular complexity index is 662. The van der Waals surface area contributed by atoms with Crippen molar-refractivity contribution in [1.82, 2.24) is 19.6 Å². The van der Waals surface area contributed by atoms with Gasteiger partial charge in [0.05, 0.1) is 6.04 Å². The number of carbonyl (C=O) groups excluding carboxylic acids is 3. The van der Waals surface area contributed by atoms with Gasteiger partial charge in [-0.1, -0.05) is 0 Å². The molecule has 3 fully saturated rings. The Morgan fingerprint density at radius 2 is 2.00 bits per heavy atom. The van der Waals surface area contributed by atoms with E-state index in [1.165, 1.54) is 0 Å². The summed E-state index contributed by atoms with van der Waals surface area (Å²) >= 11 is 0.